The molecular formula is C17H26N2. The maximum absolute atomic E-state index is 3.58. The molecule has 0 spiro atoms. The zero-order chi connectivity index (χ0) is 13.4. The Kier molecular flexibility index (Phi) is 3.64. The predicted molar refractivity (Wildman–Crippen MR) is 80.3 cm³/mol. The van der Waals surface area contributed by atoms with E-state index < -0.39 is 0 Å². The molecule has 0 amide bonds. The van der Waals surface area contributed by atoms with Crippen molar-refractivity contribution in [3.63, 3.8) is 0 Å². The van der Waals surface area contributed by atoms with Crippen LogP contribution in [0.15, 0.2) is 24.3 Å². The van der Waals surface area contributed by atoms with E-state index in [1.54, 1.807) is 5.56 Å². The number of nitrogens with one attached hydrogen (secondary N) is 1. The molecule has 19 heavy (non-hydrogen) atoms. The van der Waals surface area contributed by atoms with Crippen LogP contribution in [0.3, 0.4) is 0 Å². The molecule has 4 unspecified atom stereocenters. The summed E-state index contributed by atoms with van der Waals surface area (Å²) in [5, 5.41) is 3.58. The molecule has 1 aromatic rings. The highest BCUT2D eigenvalue weighted by molar-refractivity contribution is 5.34. The number of likely N-dealkylation sites (N-methyl/N-ethyl adjacent to an activating group) is 1. The minimum atomic E-state index is 0.502. The van der Waals surface area contributed by atoms with Crippen molar-refractivity contribution in [3.05, 3.63) is 35.4 Å². The lowest BCUT2D eigenvalue weighted by Gasteiger charge is -2.39. The third kappa shape index (κ3) is 2.32. The van der Waals surface area contributed by atoms with Crippen LogP contribution in [0.25, 0.3) is 0 Å². The lowest BCUT2D eigenvalue weighted by molar-refractivity contribution is 0.169. The van der Waals surface area contributed by atoms with E-state index in [9.17, 15) is 0 Å². The summed E-state index contributed by atoms with van der Waals surface area (Å²) in [5.41, 5.74) is 3.06. The molecule has 0 saturated carbocycles. The first-order valence-electron chi connectivity index (χ1n) is 7.70. The van der Waals surface area contributed by atoms with Crippen molar-refractivity contribution < 1.29 is 0 Å². The number of rotatable bonds is 2. The van der Waals surface area contributed by atoms with Crippen molar-refractivity contribution in [3.8, 4) is 0 Å². The average Bonchev–Trinajstić information content (AvgIpc) is 2.77. The first-order valence-corrected chi connectivity index (χ1v) is 7.70. The second kappa shape index (κ2) is 5.26. The van der Waals surface area contributed by atoms with Gasteiger partial charge in [-0.2, -0.15) is 0 Å². The van der Waals surface area contributed by atoms with Gasteiger partial charge in [0.15, 0.2) is 0 Å². The Morgan fingerprint density at radius 3 is 2.47 bits per heavy atom. The Morgan fingerprint density at radius 1 is 1.11 bits per heavy atom. The van der Waals surface area contributed by atoms with Gasteiger partial charge in [-0.25, -0.2) is 0 Å². The normalized spacial score (nSPS) is 35.3. The van der Waals surface area contributed by atoms with Crippen molar-refractivity contribution in [1.82, 2.24) is 10.2 Å². The Labute approximate surface area is 117 Å². The fourth-order valence-electron chi connectivity index (χ4n) is 3.93. The molecule has 1 saturated heterocycles. The summed E-state index contributed by atoms with van der Waals surface area (Å²) in [5.74, 6) is 1.68. The molecule has 1 aromatic carbocycles. The Balaban J connectivity index is 1.84. The highest BCUT2D eigenvalue weighted by atomic mass is 15.2. The third-order valence-corrected chi connectivity index (χ3v) is 5.28. The Bertz CT molecular complexity index is 433. The van der Waals surface area contributed by atoms with Gasteiger partial charge in [-0.1, -0.05) is 38.1 Å². The van der Waals surface area contributed by atoms with Crippen LogP contribution in [0.5, 0.6) is 0 Å². The van der Waals surface area contributed by atoms with Crippen molar-refractivity contribution >= 4 is 0 Å². The van der Waals surface area contributed by atoms with E-state index in [1.165, 1.54) is 31.5 Å². The molecule has 4 atom stereocenters. The van der Waals surface area contributed by atoms with E-state index in [1.807, 2.05) is 0 Å². The summed E-state index contributed by atoms with van der Waals surface area (Å²) in [7, 11) is 2.11. The number of nitrogens with zero attached hydrogens (tertiary/aromatic N) is 1. The molecule has 104 valence electrons. The minimum Gasteiger partial charge on any atom is -0.312 e. The van der Waals surface area contributed by atoms with Crippen molar-refractivity contribution in [2.45, 2.75) is 38.8 Å². The monoisotopic (exact) mass is 258 g/mol. The van der Waals surface area contributed by atoms with Gasteiger partial charge >= 0.3 is 0 Å². The zero-order valence-electron chi connectivity index (χ0n) is 12.4. The largest absolute Gasteiger partial charge is 0.312 e. The highest BCUT2D eigenvalue weighted by Gasteiger charge is 2.37. The molecule has 0 bridgehead atoms. The summed E-state index contributed by atoms with van der Waals surface area (Å²) in [6.45, 7) is 7.34. The van der Waals surface area contributed by atoms with E-state index in [-0.39, 0.29) is 0 Å². The summed E-state index contributed by atoms with van der Waals surface area (Å²) < 4.78 is 0. The lowest BCUT2D eigenvalue weighted by atomic mass is 9.83. The summed E-state index contributed by atoms with van der Waals surface area (Å²) in [6, 6.07) is 10.1. The Hall–Kier alpha value is -0.860. The summed E-state index contributed by atoms with van der Waals surface area (Å²) >= 11 is 0. The number of fused-ring (bicyclic) bond motifs is 1. The van der Waals surface area contributed by atoms with Crippen LogP contribution in [0.4, 0.5) is 0 Å². The maximum Gasteiger partial charge on any atom is 0.0478 e. The first-order chi connectivity index (χ1) is 9.20. The standard InChI is InChI=1S/C17H26N2/c1-12-10-19(11-13(12)2)16-9-8-14-6-4-5-7-15(14)17(16)18-3/h4-7,12-13,16-18H,8-11H2,1-3H3. The SMILES string of the molecule is CNC1c2ccccc2CCC1N1CC(C)C(C)C1. The second-order valence-corrected chi connectivity index (χ2v) is 6.48. The lowest BCUT2D eigenvalue weighted by Crippen LogP contribution is -2.45. The molecule has 1 fully saturated rings. The second-order valence-electron chi connectivity index (χ2n) is 6.48. The van der Waals surface area contributed by atoms with E-state index in [0.717, 1.165) is 11.8 Å². The molecule has 2 heteroatoms. The molecule has 1 N–H and O–H groups in total. The quantitative estimate of drug-likeness (QED) is 0.877. The van der Waals surface area contributed by atoms with Crippen molar-refractivity contribution in [2.24, 2.45) is 11.8 Å². The predicted octanol–water partition coefficient (Wildman–Crippen LogP) is 2.85. The number of hydrogen-bond acceptors (Lipinski definition) is 2. The number of benzene rings is 1. The average molecular weight is 258 g/mol. The van der Waals surface area contributed by atoms with Crippen LogP contribution in [0.2, 0.25) is 0 Å². The smallest absolute Gasteiger partial charge is 0.0478 e. The molecule has 1 aliphatic heterocycles. The van der Waals surface area contributed by atoms with Crippen LogP contribution in [0.1, 0.15) is 37.4 Å². The maximum atomic E-state index is 3.58. The van der Waals surface area contributed by atoms with Crippen LogP contribution >= 0.6 is 0 Å². The van der Waals surface area contributed by atoms with Gasteiger partial charge in [0.05, 0.1) is 0 Å². The molecule has 1 heterocycles. The van der Waals surface area contributed by atoms with Gasteiger partial charge in [-0.05, 0) is 42.9 Å². The van der Waals surface area contributed by atoms with Crippen LogP contribution in [-0.2, 0) is 6.42 Å². The van der Waals surface area contributed by atoms with Gasteiger partial charge in [0.1, 0.15) is 0 Å². The molecule has 2 aliphatic rings. The molecule has 0 aromatic heterocycles. The van der Waals surface area contributed by atoms with E-state index in [0.29, 0.717) is 12.1 Å². The van der Waals surface area contributed by atoms with E-state index in [2.05, 4.69) is 55.4 Å². The highest BCUT2D eigenvalue weighted by Crippen LogP contribution is 2.36. The van der Waals surface area contributed by atoms with Gasteiger partial charge in [-0.15, -0.1) is 0 Å². The van der Waals surface area contributed by atoms with Gasteiger partial charge in [0, 0.05) is 25.2 Å². The number of hydrogen-bond donors (Lipinski definition) is 1. The zero-order valence-corrected chi connectivity index (χ0v) is 12.4. The van der Waals surface area contributed by atoms with Gasteiger partial charge in [0.25, 0.3) is 0 Å². The molecule has 2 nitrogen and oxygen atoms in total. The van der Waals surface area contributed by atoms with Crippen LogP contribution in [-0.4, -0.2) is 31.1 Å². The topological polar surface area (TPSA) is 15.3 Å². The number of aryl methyl sites for hydroxylation is 1. The molecule has 0 radical (unpaired) electrons. The van der Waals surface area contributed by atoms with E-state index >= 15 is 0 Å². The molecule has 3 rings (SSSR count). The van der Waals surface area contributed by atoms with Crippen molar-refractivity contribution in [2.75, 3.05) is 20.1 Å². The molecular weight excluding hydrogens is 232 g/mol. The Morgan fingerprint density at radius 2 is 1.79 bits per heavy atom. The summed E-state index contributed by atoms with van der Waals surface area (Å²) in [6.07, 6.45) is 2.53. The van der Waals surface area contributed by atoms with E-state index in [4.69, 9.17) is 0 Å². The van der Waals surface area contributed by atoms with Crippen LogP contribution in [0, 0.1) is 11.8 Å². The van der Waals surface area contributed by atoms with Gasteiger partial charge < -0.3 is 5.32 Å². The minimum absolute atomic E-state index is 0.502. The van der Waals surface area contributed by atoms with Crippen LogP contribution < -0.4 is 5.32 Å². The van der Waals surface area contributed by atoms with Crippen molar-refractivity contribution in [1.29, 1.82) is 0 Å². The fraction of sp³-hybridized carbons (Fsp3) is 0.647. The number of likely N-dealkylation sites (tertiary alicyclic amines) is 1. The molecule has 1 aliphatic carbocycles. The summed E-state index contributed by atoms with van der Waals surface area (Å²) in [4.78, 5) is 2.73. The van der Waals surface area contributed by atoms with Gasteiger partial charge in [0.2, 0.25) is 0 Å². The third-order valence-electron chi connectivity index (χ3n) is 5.28. The fourth-order valence-corrected chi connectivity index (χ4v) is 3.93. The van der Waals surface area contributed by atoms with Gasteiger partial charge in [-0.3, -0.25) is 4.90 Å². The first kappa shape index (κ1) is 13.1.